The molecule has 0 atom stereocenters. The Balaban J connectivity index is 2.03. The SMILES string of the molecule is C=CCc1cc(/C=C(\C#N)C(=O)Nc2ccccc2C)cc(OCC)c1OS(=O)(=O)c1ccc(C)cc1. The highest BCUT2D eigenvalue weighted by Gasteiger charge is 2.23. The van der Waals surface area contributed by atoms with Crippen LogP contribution in [0.2, 0.25) is 0 Å². The Hall–Kier alpha value is -4.35. The predicted molar refractivity (Wildman–Crippen MR) is 144 cm³/mol. The topological polar surface area (TPSA) is 105 Å². The minimum absolute atomic E-state index is 0.00807. The molecule has 0 unspecified atom stereocenters. The Morgan fingerprint density at radius 3 is 2.43 bits per heavy atom. The van der Waals surface area contributed by atoms with Crippen LogP contribution < -0.4 is 14.2 Å². The fourth-order valence-electron chi connectivity index (χ4n) is 3.51. The zero-order chi connectivity index (χ0) is 27.0. The van der Waals surface area contributed by atoms with Crippen LogP contribution in [0.25, 0.3) is 6.08 Å². The van der Waals surface area contributed by atoms with Crippen LogP contribution in [-0.2, 0) is 21.3 Å². The molecule has 0 spiro atoms. The Morgan fingerprint density at radius 2 is 1.81 bits per heavy atom. The maximum atomic E-state index is 13.0. The number of nitrogens with zero attached hydrogens (tertiary/aromatic N) is 1. The number of para-hydroxylation sites is 1. The predicted octanol–water partition coefficient (Wildman–Crippen LogP) is 5.74. The van der Waals surface area contributed by atoms with E-state index in [1.165, 1.54) is 24.3 Å². The minimum Gasteiger partial charge on any atom is -0.490 e. The van der Waals surface area contributed by atoms with Gasteiger partial charge in [0.25, 0.3) is 5.91 Å². The van der Waals surface area contributed by atoms with Crippen LogP contribution in [-0.4, -0.2) is 20.9 Å². The van der Waals surface area contributed by atoms with Gasteiger partial charge in [-0.25, -0.2) is 0 Å². The van der Waals surface area contributed by atoms with Gasteiger partial charge in [0.1, 0.15) is 16.5 Å². The maximum Gasteiger partial charge on any atom is 0.339 e. The largest absolute Gasteiger partial charge is 0.490 e. The molecule has 3 rings (SSSR count). The van der Waals surface area contributed by atoms with Crippen LogP contribution in [0.1, 0.15) is 29.2 Å². The molecule has 0 aliphatic rings. The zero-order valence-electron chi connectivity index (χ0n) is 20.9. The van der Waals surface area contributed by atoms with Crippen molar-refractivity contribution in [3.63, 3.8) is 0 Å². The number of benzene rings is 3. The number of carbonyl (C=O) groups is 1. The van der Waals surface area contributed by atoms with Crippen LogP contribution in [0.3, 0.4) is 0 Å². The van der Waals surface area contributed by atoms with E-state index in [9.17, 15) is 18.5 Å². The highest BCUT2D eigenvalue weighted by atomic mass is 32.2. The summed E-state index contributed by atoms with van der Waals surface area (Å²) >= 11 is 0. The fraction of sp³-hybridized carbons (Fsp3) is 0.172. The number of nitrogens with one attached hydrogen (secondary N) is 1. The Labute approximate surface area is 217 Å². The van der Waals surface area contributed by atoms with Crippen molar-refractivity contribution in [1.29, 1.82) is 5.26 Å². The molecule has 0 heterocycles. The molecule has 8 heteroatoms. The molecule has 37 heavy (non-hydrogen) atoms. The lowest BCUT2D eigenvalue weighted by atomic mass is 10.0. The van der Waals surface area contributed by atoms with Crippen LogP contribution in [0.15, 0.2) is 83.8 Å². The van der Waals surface area contributed by atoms with Crippen molar-refractivity contribution in [1.82, 2.24) is 0 Å². The molecule has 0 saturated heterocycles. The molecule has 0 bridgehead atoms. The summed E-state index contributed by atoms with van der Waals surface area (Å²) in [5.41, 5.74) is 3.18. The third-order valence-electron chi connectivity index (χ3n) is 5.39. The summed E-state index contributed by atoms with van der Waals surface area (Å²) in [6.07, 6.45) is 3.28. The molecule has 0 saturated carbocycles. The third-order valence-corrected chi connectivity index (χ3v) is 6.63. The third kappa shape index (κ3) is 6.87. The smallest absolute Gasteiger partial charge is 0.339 e. The van der Waals surface area contributed by atoms with Gasteiger partial charge >= 0.3 is 10.1 Å². The van der Waals surface area contributed by atoms with Gasteiger partial charge in [0.2, 0.25) is 0 Å². The van der Waals surface area contributed by atoms with Gasteiger partial charge < -0.3 is 14.2 Å². The van der Waals surface area contributed by atoms with Crippen molar-refractivity contribution in [2.75, 3.05) is 11.9 Å². The van der Waals surface area contributed by atoms with Gasteiger partial charge in [-0.1, -0.05) is 42.0 Å². The number of amides is 1. The lowest BCUT2D eigenvalue weighted by Crippen LogP contribution is -2.14. The Bertz CT molecular complexity index is 1480. The highest BCUT2D eigenvalue weighted by Crippen LogP contribution is 2.37. The van der Waals surface area contributed by atoms with Gasteiger partial charge in [0.05, 0.1) is 6.61 Å². The van der Waals surface area contributed by atoms with Crippen molar-refractivity contribution in [2.45, 2.75) is 32.1 Å². The van der Waals surface area contributed by atoms with Gasteiger partial charge in [-0.15, -0.1) is 6.58 Å². The van der Waals surface area contributed by atoms with Gasteiger partial charge in [-0.2, -0.15) is 13.7 Å². The van der Waals surface area contributed by atoms with Crippen molar-refractivity contribution in [2.24, 2.45) is 0 Å². The molecule has 190 valence electrons. The summed E-state index contributed by atoms with van der Waals surface area (Å²) < 4.78 is 37.3. The first kappa shape index (κ1) is 27.2. The van der Waals surface area contributed by atoms with Gasteiger partial charge in [0.15, 0.2) is 11.5 Å². The Kier molecular flexibility index (Phi) is 8.88. The lowest BCUT2D eigenvalue weighted by molar-refractivity contribution is -0.112. The molecule has 0 aliphatic carbocycles. The average molecular weight is 517 g/mol. The van der Waals surface area contributed by atoms with E-state index in [-0.39, 0.29) is 35.0 Å². The molecule has 1 N–H and O–H groups in total. The second-order valence-corrected chi connectivity index (χ2v) is 9.77. The summed E-state index contributed by atoms with van der Waals surface area (Å²) in [5.74, 6) is -0.370. The monoisotopic (exact) mass is 516 g/mol. The number of aryl methyl sites for hydroxylation is 2. The number of ether oxygens (including phenoxy) is 1. The number of rotatable bonds is 10. The van der Waals surface area contributed by atoms with Gasteiger partial charge in [-0.3, -0.25) is 4.79 Å². The van der Waals surface area contributed by atoms with E-state index in [1.807, 2.05) is 32.0 Å². The molecule has 0 radical (unpaired) electrons. The van der Waals surface area contributed by atoms with E-state index < -0.39 is 16.0 Å². The quantitative estimate of drug-likeness (QED) is 0.159. The van der Waals surface area contributed by atoms with Gasteiger partial charge in [0, 0.05) is 11.3 Å². The number of hydrogen-bond acceptors (Lipinski definition) is 6. The summed E-state index contributed by atoms with van der Waals surface area (Å²) in [7, 11) is -4.15. The molecule has 0 fully saturated rings. The van der Waals surface area contributed by atoms with E-state index in [0.29, 0.717) is 16.8 Å². The lowest BCUT2D eigenvalue weighted by Gasteiger charge is -2.17. The van der Waals surface area contributed by atoms with Crippen molar-refractivity contribution < 1.29 is 22.1 Å². The van der Waals surface area contributed by atoms with Crippen molar-refractivity contribution in [3.05, 3.63) is 101 Å². The van der Waals surface area contributed by atoms with E-state index in [0.717, 1.165) is 11.1 Å². The first-order chi connectivity index (χ1) is 17.7. The molecular formula is C29H28N2O5S. The number of carbonyl (C=O) groups excluding carboxylic acids is 1. The standard InChI is InChI=1S/C29H28N2O5S/c1-5-9-23-16-22(17-24(19-30)29(32)31-26-11-8-7-10-21(26)4)18-27(35-6-2)28(23)36-37(33,34)25-14-12-20(3)13-15-25/h5,7-8,10-18H,1,6,9H2,2-4H3,(H,31,32)/b24-17+. The molecule has 3 aromatic carbocycles. The Morgan fingerprint density at radius 1 is 1.11 bits per heavy atom. The second-order valence-electron chi connectivity index (χ2n) is 8.22. The van der Waals surface area contributed by atoms with Crippen molar-refractivity contribution in [3.8, 4) is 17.6 Å². The fourth-order valence-corrected chi connectivity index (χ4v) is 4.49. The zero-order valence-corrected chi connectivity index (χ0v) is 21.8. The van der Waals surface area contributed by atoms with E-state index in [4.69, 9.17) is 8.92 Å². The maximum absolute atomic E-state index is 13.0. The van der Waals surface area contributed by atoms with Gasteiger partial charge in [-0.05, 0) is 74.7 Å². The average Bonchev–Trinajstić information content (AvgIpc) is 2.86. The molecule has 0 aliphatic heterocycles. The molecule has 3 aromatic rings. The summed E-state index contributed by atoms with van der Waals surface area (Å²) in [6.45, 7) is 9.45. The van der Waals surface area contributed by atoms with E-state index in [2.05, 4.69) is 11.9 Å². The molecule has 1 amide bonds. The highest BCUT2D eigenvalue weighted by molar-refractivity contribution is 7.87. The van der Waals surface area contributed by atoms with Crippen LogP contribution in [0, 0.1) is 25.2 Å². The number of nitriles is 1. The van der Waals surface area contributed by atoms with Crippen LogP contribution in [0.4, 0.5) is 5.69 Å². The number of hydrogen-bond donors (Lipinski definition) is 1. The summed E-state index contributed by atoms with van der Waals surface area (Å²) in [6, 6.07) is 18.7. The molecular weight excluding hydrogens is 488 g/mol. The second kappa shape index (κ2) is 12.1. The number of anilines is 1. The number of allylic oxidation sites excluding steroid dienone is 1. The van der Waals surface area contributed by atoms with Crippen LogP contribution >= 0.6 is 0 Å². The first-order valence-corrected chi connectivity index (χ1v) is 13.0. The van der Waals surface area contributed by atoms with E-state index in [1.54, 1.807) is 43.3 Å². The van der Waals surface area contributed by atoms with E-state index >= 15 is 0 Å². The summed E-state index contributed by atoms with van der Waals surface area (Å²) in [4.78, 5) is 12.8. The van der Waals surface area contributed by atoms with Crippen molar-refractivity contribution >= 4 is 27.8 Å². The normalized spacial score (nSPS) is 11.4. The molecule has 0 aromatic heterocycles. The van der Waals surface area contributed by atoms with Crippen LogP contribution in [0.5, 0.6) is 11.5 Å². The minimum atomic E-state index is -4.15. The molecule has 7 nitrogen and oxygen atoms in total. The summed E-state index contributed by atoms with van der Waals surface area (Å²) in [5, 5.41) is 12.4. The first-order valence-electron chi connectivity index (χ1n) is 11.6.